The zero-order valence-electron chi connectivity index (χ0n) is 15.5. The molecule has 6 heteroatoms. The zero-order valence-corrected chi connectivity index (χ0v) is 15.5. The minimum absolute atomic E-state index is 0.0592. The van der Waals surface area contributed by atoms with E-state index in [1.807, 2.05) is 37.4 Å². The highest BCUT2D eigenvalue weighted by atomic mass is 16.4. The Hall–Kier alpha value is -3.59. The predicted molar refractivity (Wildman–Crippen MR) is 109 cm³/mol. The van der Waals surface area contributed by atoms with Crippen molar-refractivity contribution in [3.63, 3.8) is 0 Å². The van der Waals surface area contributed by atoms with E-state index in [2.05, 4.69) is 15.1 Å². The van der Waals surface area contributed by atoms with Crippen molar-refractivity contribution < 1.29 is 14.7 Å². The Bertz CT molecular complexity index is 1060. The molecule has 1 unspecified atom stereocenters. The number of hydrogen-bond acceptors (Lipinski definition) is 2. The molecule has 0 bridgehead atoms. The molecule has 1 amide bonds. The van der Waals surface area contributed by atoms with Gasteiger partial charge in [0.25, 0.3) is 0 Å². The fourth-order valence-electron chi connectivity index (χ4n) is 3.23. The number of carboxylic acid groups (broad SMARTS) is 1. The minimum Gasteiger partial charge on any atom is -0.481 e. The maximum Gasteiger partial charge on any atom is 0.303 e. The van der Waals surface area contributed by atoms with E-state index >= 15 is 0 Å². The molecule has 6 nitrogen and oxygen atoms in total. The molecule has 0 aliphatic carbocycles. The molecule has 1 atom stereocenters. The van der Waals surface area contributed by atoms with Crippen LogP contribution in [0.4, 0.5) is 11.4 Å². The van der Waals surface area contributed by atoms with Gasteiger partial charge in [0.2, 0.25) is 5.91 Å². The SMILES string of the molecule is [C-]#[N+]c1ccc(CCCC(=O)O)c(NC(=O)C(C)c2c[nH]c3ccccc23)c1. The molecular formula is C22H21N3O3. The number of aromatic amines is 1. The van der Waals surface area contributed by atoms with E-state index in [0.717, 1.165) is 22.0 Å². The van der Waals surface area contributed by atoms with E-state index in [-0.39, 0.29) is 18.2 Å². The molecule has 0 saturated heterocycles. The molecule has 3 aromatic rings. The van der Waals surface area contributed by atoms with Crippen LogP contribution in [0.1, 0.15) is 36.8 Å². The predicted octanol–water partition coefficient (Wildman–Crippen LogP) is 4.87. The largest absolute Gasteiger partial charge is 0.481 e. The summed E-state index contributed by atoms with van der Waals surface area (Å²) in [5.41, 5.74) is 3.70. The van der Waals surface area contributed by atoms with Crippen molar-refractivity contribution in [2.24, 2.45) is 0 Å². The van der Waals surface area contributed by atoms with Gasteiger partial charge in [-0.05, 0) is 43.0 Å². The number of carbonyl (C=O) groups is 2. The number of carboxylic acids is 1. The lowest BCUT2D eigenvalue weighted by Crippen LogP contribution is -2.19. The van der Waals surface area contributed by atoms with Crippen LogP contribution >= 0.6 is 0 Å². The molecule has 28 heavy (non-hydrogen) atoms. The van der Waals surface area contributed by atoms with Gasteiger partial charge in [0.15, 0.2) is 5.69 Å². The second kappa shape index (κ2) is 8.40. The molecule has 0 spiro atoms. The summed E-state index contributed by atoms with van der Waals surface area (Å²) in [5.74, 6) is -1.41. The minimum atomic E-state index is -0.851. The second-order valence-corrected chi connectivity index (χ2v) is 6.70. The lowest BCUT2D eigenvalue weighted by atomic mass is 9.99. The third kappa shape index (κ3) is 4.21. The highest BCUT2D eigenvalue weighted by molar-refractivity contribution is 5.99. The summed E-state index contributed by atoms with van der Waals surface area (Å²) in [5, 5.41) is 12.8. The van der Waals surface area contributed by atoms with Gasteiger partial charge in [0.1, 0.15) is 0 Å². The number of nitrogens with zero attached hydrogens (tertiary/aromatic N) is 1. The first-order chi connectivity index (χ1) is 13.5. The number of fused-ring (bicyclic) bond motifs is 1. The van der Waals surface area contributed by atoms with Crippen LogP contribution in [0.25, 0.3) is 15.7 Å². The van der Waals surface area contributed by atoms with Crippen molar-refractivity contribution in [3.05, 3.63) is 71.2 Å². The average molecular weight is 375 g/mol. The Balaban J connectivity index is 1.82. The zero-order chi connectivity index (χ0) is 20.1. The Morgan fingerprint density at radius 3 is 2.79 bits per heavy atom. The Morgan fingerprint density at radius 1 is 1.25 bits per heavy atom. The van der Waals surface area contributed by atoms with Gasteiger partial charge < -0.3 is 15.4 Å². The number of aromatic nitrogens is 1. The van der Waals surface area contributed by atoms with Crippen LogP contribution in [0.5, 0.6) is 0 Å². The van der Waals surface area contributed by atoms with Crippen molar-refractivity contribution in [1.29, 1.82) is 0 Å². The lowest BCUT2D eigenvalue weighted by molar-refractivity contribution is -0.137. The van der Waals surface area contributed by atoms with Crippen molar-refractivity contribution in [3.8, 4) is 0 Å². The molecule has 0 saturated carbocycles. The van der Waals surface area contributed by atoms with Crippen LogP contribution in [0, 0.1) is 6.57 Å². The first kappa shape index (κ1) is 19.2. The quantitative estimate of drug-likeness (QED) is 0.515. The number of aliphatic carboxylic acids is 1. The summed E-state index contributed by atoms with van der Waals surface area (Å²) in [6, 6.07) is 12.9. The van der Waals surface area contributed by atoms with E-state index in [1.54, 1.807) is 18.2 Å². The van der Waals surface area contributed by atoms with Gasteiger partial charge in [-0.25, -0.2) is 4.85 Å². The van der Waals surface area contributed by atoms with Gasteiger partial charge in [-0.15, -0.1) is 0 Å². The number of carbonyl (C=O) groups excluding carboxylic acids is 1. The fourth-order valence-corrected chi connectivity index (χ4v) is 3.23. The first-order valence-corrected chi connectivity index (χ1v) is 9.08. The summed E-state index contributed by atoms with van der Waals surface area (Å²) < 4.78 is 0. The van der Waals surface area contributed by atoms with E-state index in [4.69, 9.17) is 11.7 Å². The number of nitrogens with one attached hydrogen (secondary N) is 2. The fraction of sp³-hybridized carbons (Fsp3) is 0.227. The number of H-pyrrole nitrogens is 1. The monoisotopic (exact) mass is 375 g/mol. The number of hydrogen-bond donors (Lipinski definition) is 3. The molecule has 0 radical (unpaired) electrons. The van der Waals surface area contributed by atoms with E-state index < -0.39 is 5.97 Å². The molecule has 0 aliphatic rings. The number of amides is 1. The molecule has 0 fully saturated rings. The van der Waals surface area contributed by atoms with Gasteiger partial charge in [0.05, 0.1) is 12.5 Å². The third-order valence-electron chi connectivity index (χ3n) is 4.80. The van der Waals surface area contributed by atoms with Crippen LogP contribution in [0.15, 0.2) is 48.7 Å². The lowest BCUT2D eigenvalue weighted by Gasteiger charge is -2.15. The second-order valence-electron chi connectivity index (χ2n) is 6.70. The Morgan fingerprint density at radius 2 is 2.04 bits per heavy atom. The highest BCUT2D eigenvalue weighted by Crippen LogP contribution is 2.29. The number of para-hydroxylation sites is 1. The van der Waals surface area contributed by atoms with Gasteiger partial charge in [-0.3, -0.25) is 9.59 Å². The van der Waals surface area contributed by atoms with Crippen molar-refractivity contribution in [2.45, 2.75) is 32.1 Å². The maximum absolute atomic E-state index is 12.9. The van der Waals surface area contributed by atoms with E-state index in [0.29, 0.717) is 24.2 Å². The van der Waals surface area contributed by atoms with Crippen molar-refractivity contribution >= 4 is 34.2 Å². The summed E-state index contributed by atoms with van der Waals surface area (Å²) in [4.78, 5) is 30.3. The van der Waals surface area contributed by atoms with Gasteiger partial charge in [-0.1, -0.05) is 30.3 Å². The van der Waals surface area contributed by atoms with E-state index in [9.17, 15) is 9.59 Å². The van der Waals surface area contributed by atoms with Gasteiger partial charge >= 0.3 is 5.97 Å². The summed E-state index contributed by atoms with van der Waals surface area (Å²) in [7, 11) is 0. The average Bonchev–Trinajstić information content (AvgIpc) is 3.12. The summed E-state index contributed by atoms with van der Waals surface area (Å²) in [6.07, 6.45) is 2.89. The Kier molecular flexibility index (Phi) is 5.75. The standard InChI is InChI=1S/C22H21N3O3/c1-14(18-13-24-19-8-4-3-7-17(18)19)22(28)25-20-12-16(23-2)11-10-15(20)6-5-9-21(26)27/h3-4,7-8,10-14,24H,5-6,9H2,1H3,(H,25,28)(H,26,27). The molecule has 2 aromatic carbocycles. The summed E-state index contributed by atoms with van der Waals surface area (Å²) >= 11 is 0. The Labute approximate surface area is 163 Å². The molecule has 3 N–H and O–H groups in total. The van der Waals surface area contributed by atoms with Gasteiger partial charge in [0, 0.05) is 29.2 Å². The topological polar surface area (TPSA) is 86.5 Å². The molecule has 0 aliphatic heterocycles. The van der Waals surface area contributed by atoms with Crippen LogP contribution in [-0.4, -0.2) is 22.0 Å². The first-order valence-electron chi connectivity index (χ1n) is 9.08. The highest BCUT2D eigenvalue weighted by Gasteiger charge is 2.20. The van der Waals surface area contributed by atoms with Crippen LogP contribution < -0.4 is 5.32 Å². The van der Waals surface area contributed by atoms with Gasteiger partial charge in [-0.2, -0.15) is 0 Å². The normalized spacial score (nSPS) is 11.7. The van der Waals surface area contributed by atoms with Crippen molar-refractivity contribution in [1.82, 2.24) is 4.98 Å². The van der Waals surface area contributed by atoms with Crippen LogP contribution in [0.3, 0.4) is 0 Å². The third-order valence-corrected chi connectivity index (χ3v) is 4.80. The summed E-state index contributed by atoms with van der Waals surface area (Å²) in [6.45, 7) is 9.05. The molecule has 142 valence electrons. The number of aryl methyl sites for hydroxylation is 1. The number of anilines is 1. The number of rotatable bonds is 7. The maximum atomic E-state index is 12.9. The molecular weight excluding hydrogens is 354 g/mol. The van der Waals surface area contributed by atoms with Crippen molar-refractivity contribution in [2.75, 3.05) is 5.32 Å². The molecule has 3 rings (SSSR count). The molecule has 1 heterocycles. The number of benzene rings is 2. The van der Waals surface area contributed by atoms with Crippen LogP contribution in [-0.2, 0) is 16.0 Å². The smallest absolute Gasteiger partial charge is 0.303 e. The van der Waals surface area contributed by atoms with Crippen LogP contribution in [0.2, 0.25) is 0 Å². The molecule has 1 aromatic heterocycles. The van der Waals surface area contributed by atoms with E-state index in [1.165, 1.54) is 0 Å².